The van der Waals surface area contributed by atoms with E-state index in [1.165, 1.54) is 7.11 Å². The lowest BCUT2D eigenvalue weighted by Crippen LogP contribution is -2.33. The summed E-state index contributed by atoms with van der Waals surface area (Å²) in [6.07, 6.45) is 0. The van der Waals surface area contributed by atoms with E-state index in [2.05, 4.69) is 10.6 Å². The molecule has 0 unspecified atom stereocenters. The van der Waals surface area contributed by atoms with Crippen LogP contribution >= 0.6 is 0 Å². The maximum atomic E-state index is 12.3. The molecule has 0 aromatic heterocycles. The van der Waals surface area contributed by atoms with E-state index >= 15 is 0 Å². The van der Waals surface area contributed by atoms with Gasteiger partial charge in [-0.15, -0.1) is 0 Å². The molecule has 2 amide bonds. The van der Waals surface area contributed by atoms with Crippen molar-refractivity contribution >= 4 is 17.5 Å². The fraction of sp³-hybridized carbons (Fsp3) is 0.333. The van der Waals surface area contributed by atoms with Crippen LogP contribution in [0, 0.1) is 20.8 Å². The lowest BCUT2D eigenvalue weighted by Gasteiger charge is -2.14. The number of ether oxygens (including phenoxy) is 2. The Bertz CT molecular complexity index is 823. The summed E-state index contributed by atoms with van der Waals surface area (Å²) in [4.78, 5) is 24.6. The summed E-state index contributed by atoms with van der Waals surface area (Å²) < 4.78 is 10.7. The highest BCUT2D eigenvalue weighted by Gasteiger charge is 2.13. The summed E-state index contributed by atoms with van der Waals surface area (Å²) in [6.45, 7) is 8.09. The van der Waals surface area contributed by atoms with Crippen LogP contribution in [0.3, 0.4) is 0 Å². The van der Waals surface area contributed by atoms with Gasteiger partial charge in [0.2, 0.25) is 5.91 Å². The quantitative estimate of drug-likeness (QED) is 0.783. The molecule has 0 aliphatic heterocycles. The Morgan fingerprint density at radius 1 is 1.00 bits per heavy atom. The van der Waals surface area contributed by atoms with Gasteiger partial charge in [0.05, 0.1) is 20.3 Å². The second-order valence-corrected chi connectivity index (χ2v) is 6.30. The monoisotopic (exact) mass is 370 g/mol. The molecule has 0 spiro atoms. The van der Waals surface area contributed by atoms with Crippen molar-refractivity contribution in [3.05, 3.63) is 52.6 Å². The van der Waals surface area contributed by atoms with Crippen molar-refractivity contribution in [2.45, 2.75) is 27.7 Å². The Labute approximate surface area is 159 Å². The molecule has 2 N–H and O–H groups in total. The highest BCUT2D eigenvalue weighted by Crippen LogP contribution is 2.28. The van der Waals surface area contributed by atoms with Crippen molar-refractivity contribution in [2.75, 3.05) is 25.6 Å². The molecular formula is C21H26N2O4. The molecule has 2 aromatic carbocycles. The van der Waals surface area contributed by atoms with Crippen LogP contribution in [-0.2, 0) is 4.79 Å². The predicted molar refractivity (Wildman–Crippen MR) is 106 cm³/mol. The topological polar surface area (TPSA) is 76.7 Å². The predicted octanol–water partition coefficient (Wildman–Crippen LogP) is 3.39. The number of rotatable bonds is 7. The van der Waals surface area contributed by atoms with Crippen molar-refractivity contribution in [1.82, 2.24) is 5.32 Å². The maximum Gasteiger partial charge on any atom is 0.251 e. The molecular weight excluding hydrogens is 344 g/mol. The average Bonchev–Trinajstić information content (AvgIpc) is 2.63. The molecule has 2 aromatic rings. The molecule has 144 valence electrons. The average molecular weight is 370 g/mol. The highest BCUT2D eigenvalue weighted by molar-refractivity contribution is 6.00. The van der Waals surface area contributed by atoms with Crippen LogP contribution in [0.15, 0.2) is 30.3 Å². The Morgan fingerprint density at radius 3 is 2.26 bits per heavy atom. The van der Waals surface area contributed by atoms with Gasteiger partial charge < -0.3 is 20.1 Å². The van der Waals surface area contributed by atoms with Crippen LogP contribution in [0.2, 0.25) is 0 Å². The van der Waals surface area contributed by atoms with E-state index in [-0.39, 0.29) is 18.4 Å². The first-order valence-corrected chi connectivity index (χ1v) is 8.82. The number of benzene rings is 2. The van der Waals surface area contributed by atoms with E-state index in [9.17, 15) is 9.59 Å². The summed E-state index contributed by atoms with van der Waals surface area (Å²) in [5.41, 5.74) is 4.30. The van der Waals surface area contributed by atoms with Gasteiger partial charge in [-0.2, -0.15) is 0 Å². The molecule has 0 saturated heterocycles. The summed E-state index contributed by atoms with van der Waals surface area (Å²) in [7, 11) is 1.54. The molecule has 0 atom stereocenters. The first-order valence-electron chi connectivity index (χ1n) is 8.82. The summed E-state index contributed by atoms with van der Waals surface area (Å²) >= 11 is 0. The molecule has 0 saturated carbocycles. The third-order valence-electron chi connectivity index (χ3n) is 4.08. The standard InChI is InChI=1S/C21H26N2O4/c1-6-27-18-11-16(7-8-17(18)26-5)21(25)22-12-19(24)23-20-14(3)9-13(2)10-15(20)4/h7-11H,6,12H2,1-5H3,(H,22,25)(H,23,24). The number of hydrogen-bond donors (Lipinski definition) is 2. The van der Waals surface area contributed by atoms with Crippen molar-refractivity contribution in [3.8, 4) is 11.5 Å². The second kappa shape index (κ2) is 9.07. The van der Waals surface area contributed by atoms with Gasteiger partial charge in [0.25, 0.3) is 5.91 Å². The van der Waals surface area contributed by atoms with Crippen LogP contribution in [-0.4, -0.2) is 32.1 Å². The van der Waals surface area contributed by atoms with Crippen molar-refractivity contribution in [2.24, 2.45) is 0 Å². The van der Waals surface area contributed by atoms with Crippen LogP contribution in [0.1, 0.15) is 34.0 Å². The van der Waals surface area contributed by atoms with Gasteiger partial charge in [-0.05, 0) is 57.0 Å². The maximum absolute atomic E-state index is 12.3. The Morgan fingerprint density at radius 2 is 1.67 bits per heavy atom. The zero-order valence-corrected chi connectivity index (χ0v) is 16.4. The minimum Gasteiger partial charge on any atom is -0.493 e. The summed E-state index contributed by atoms with van der Waals surface area (Å²) in [5.74, 6) is 0.405. The van der Waals surface area contributed by atoms with E-state index < -0.39 is 0 Å². The van der Waals surface area contributed by atoms with E-state index in [1.807, 2.05) is 39.8 Å². The van der Waals surface area contributed by atoms with Crippen LogP contribution in [0.25, 0.3) is 0 Å². The third-order valence-corrected chi connectivity index (χ3v) is 4.08. The number of nitrogens with one attached hydrogen (secondary N) is 2. The number of carbonyl (C=O) groups excluding carboxylic acids is 2. The zero-order chi connectivity index (χ0) is 20.0. The molecule has 0 aliphatic carbocycles. The minimum atomic E-state index is -0.355. The van der Waals surface area contributed by atoms with Crippen LogP contribution in [0.4, 0.5) is 5.69 Å². The number of anilines is 1. The van der Waals surface area contributed by atoms with Crippen molar-refractivity contribution < 1.29 is 19.1 Å². The smallest absolute Gasteiger partial charge is 0.251 e. The first-order chi connectivity index (χ1) is 12.8. The normalized spacial score (nSPS) is 10.3. The number of carbonyl (C=O) groups is 2. The SMILES string of the molecule is CCOc1cc(C(=O)NCC(=O)Nc2c(C)cc(C)cc2C)ccc1OC. The number of amides is 2. The van der Waals surface area contributed by atoms with Crippen LogP contribution < -0.4 is 20.1 Å². The lowest BCUT2D eigenvalue weighted by molar-refractivity contribution is -0.115. The third kappa shape index (κ3) is 5.23. The number of hydrogen-bond acceptors (Lipinski definition) is 4. The van der Waals surface area contributed by atoms with Gasteiger partial charge in [0, 0.05) is 11.3 Å². The molecule has 0 radical (unpaired) electrons. The molecule has 6 heteroatoms. The van der Waals surface area contributed by atoms with Crippen LogP contribution in [0.5, 0.6) is 11.5 Å². The molecule has 0 aliphatic rings. The van der Waals surface area contributed by atoms with Gasteiger partial charge in [0.15, 0.2) is 11.5 Å². The van der Waals surface area contributed by atoms with Crippen molar-refractivity contribution in [1.29, 1.82) is 0 Å². The van der Waals surface area contributed by atoms with Gasteiger partial charge in [-0.3, -0.25) is 9.59 Å². The first kappa shape index (κ1) is 20.3. The molecule has 0 heterocycles. The molecule has 27 heavy (non-hydrogen) atoms. The Balaban J connectivity index is 2.01. The van der Waals surface area contributed by atoms with Gasteiger partial charge in [-0.25, -0.2) is 0 Å². The number of methoxy groups -OCH3 is 1. The molecule has 0 fully saturated rings. The fourth-order valence-electron chi connectivity index (χ4n) is 2.91. The zero-order valence-electron chi connectivity index (χ0n) is 16.4. The fourth-order valence-corrected chi connectivity index (χ4v) is 2.91. The van der Waals surface area contributed by atoms with Gasteiger partial charge >= 0.3 is 0 Å². The Hall–Kier alpha value is -3.02. The second-order valence-electron chi connectivity index (χ2n) is 6.30. The highest BCUT2D eigenvalue weighted by atomic mass is 16.5. The molecule has 2 rings (SSSR count). The largest absolute Gasteiger partial charge is 0.493 e. The van der Waals surface area contributed by atoms with Crippen molar-refractivity contribution in [3.63, 3.8) is 0 Å². The molecule has 6 nitrogen and oxygen atoms in total. The van der Waals surface area contributed by atoms with E-state index in [0.29, 0.717) is 23.7 Å². The van der Waals surface area contributed by atoms with Gasteiger partial charge in [-0.1, -0.05) is 17.7 Å². The summed E-state index contributed by atoms with van der Waals surface area (Å²) in [6, 6.07) is 8.91. The Kier molecular flexibility index (Phi) is 6.82. The van der Waals surface area contributed by atoms with E-state index in [0.717, 1.165) is 22.4 Å². The minimum absolute atomic E-state index is 0.123. The lowest BCUT2D eigenvalue weighted by atomic mass is 10.1. The number of aryl methyl sites for hydroxylation is 3. The molecule has 0 bridgehead atoms. The van der Waals surface area contributed by atoms with Gasteiger partial charge in [0.1, 0.15) is 0 Å². The van der Waals surface area contributed by atoms with E-state index in [4.69, 9.17) is 9.47 Å². The summed E-state index contributed by atoms with van der Waals surface area (Å²) in [5, 5.41) is 5.49. The van der Waals surface area contributed by atoms with E-state index in [1.54, 1.807) is 18.2 Å².